The molecule has 1 aliphatic carbocycles. The third-order valence-corrected chi connectivity index (χ3v) is 5.43. The lowest BCUT2D eigenvalue weighted by atomic mass is 9.95. The Morgan fingerprint density at radius 1 is 1.25 bits per heavy atom. The second-order valence-corrected chi connectivity index (χ2v) is 8.19. The lowest BCUT2D eigenvalue weighted by molar-refractivity contribution is -0.146. The quantitative estimate of drug-likeness (QED) is 0.861. The van der Waals surface area contributed by atoms with Crippen LogP contribution in [-0.4, -0.2) is 44.7 Å². The lowest BCUT2D eigenvalue weighted by Crippen LogP contribution is -2.51. The molecule has 2 aliphatic rings. The molecule has 7 nitrogen and oxygen atoms in total. The molecule has 2 fully saturated rings. The number of aromatic nitrogens is 3. The van der Waals surface area contributed by atoms with Crippen LogP contribution in [0.2, 0.25) is 0 Å². The highest BCUT2D eigenvalue weighted by molar-refractivity contribution is 5.85. The van der Waals surface area contributed by atoms with Crippen LogP contribution in [0.15, 0.2) is 24.3 Å². The summed E-state index contributed by atoms with van der Waals surface area (Å²) in [4.78, 5) is 19.7. The Bertz CT molecular complexity index is 892. The fraction of sp³-hybridized carbons (Fsp3) is 0.524. The van der Waals surface area contributed by atoms with Gasteiger partial charge in [0, 0.05) is 24.9 Å². The van der Waals surface area contributed by atoms with E-state index in [1.807, 2.05) is 4.90 Å². The van der Waals surface area contributed by atoms with Gasteiger partial charge >= 0.3 is 0 Å². The van der Waals surface area contributed by atoms with Gasteiger partial charge in [0.1, 0.15) is 11.6 Å². The number of nitrogens with zero attached hydrogens (tertiary/aromatic N) is 4. The third kappa shape index (κ3) is 3.86. The first kappa shape index (κ1) is 18.5. The van der Waals surface area contributed by atoms with Crippen molar-refractivity contribution in [2.45, 2.75) is 57.0 Å². The minimum Gasteiger partial charge on any atom is -0.478 e. The normalized spacial score (nSPS) is 19.9. The zero-order chi connectivity index (χ0) is 19.7. The van der Waals surface area contributed by atoms with Crippen LogP contribution in [0, 0.1) is 11.3 Å². The van der Waals surface area contributed by atoms with Crippen molar-refractivity contribution >= 4 is 5.91 Å². The number of nitriles is 1. The summed E-state index contributed by atoms with van der Waals surface area (Å²) in [5, 5.41) is 16.4. The number of benzene rings is 1. The van der Waals surface area contributed by atoms with Gasteiger partial charge in [-0.1, -0.05) is 0 Å². The average molecular weight is 379 g/mol. The number of ether oxygens (including phenoxy) is 1. The van der Waals surface area contributed by atoms with E-state index in [1.165, 1.54) is 12.8 Å². The maximum absolute atomic E-state index is 13.1. The molecule has 0 unspecified atom stereocenters. The molecule has 1 atom stereocenters. The molecule has 0 radical (unpaired) electrons. The van der Waals surface area contributed by atoms with Crippen LogP contribution in [-0.2, 0) is 4.79 Å². The van der Waals surface area contributed by atoms with Crippen molar-refractivity contribution in [3.63, 3.8) is 0 Å². The summed E-state index contributed by atoms with van der Waals surface area (Å²) in [6.45, 7) is 4.90. The van der Waals surface area contributed by atoms with Gasteiger partial charge in [0.25, 0.3) is 5.91 Å². The fourth-order valence-electron chi connectivity index (χ4n) is 3.70. The van der Waals surface area contributed by atoms with Gasteiger partial charge < -0.3 is 9.64 Å². The number of H-pyrrole nitrogens is 1. The van der Waals surface area contributed by atoms with E-state index in [2.05, 4.69) is 21.3 Å². The number of amides is 1. The average Bonchev–Trinajstić information content (AvgIpc) is 3.44. The number of hydrogen-bond acceptors (Lipinski definition) is 5. The van der Waals surface area contributed by atoms with E-state index in [4.69, 9.17) is 10.00 Å². The van der Waals surface area contributed by atoms with Crippen LogP contribution in [0.5, 0.6) is 5.75 Å². The van der Waals surface area contributed by atoms with Gasteiger partial charge in [0.2, 0.25) is 0 Å². The van der Waals surface area contributed by atoms with Gasteiger partial charge in [-0.05, 0) is 63.8 Å². The molecular formula is C21H25N5O2. The standard InChI is InChI=1S/C21H25N5O2/c1-21(2,28-17-9-5-14(12-22)6-10-17)20(27)26-11-3-4-16(13-26)19-23-18(24-25-19)15-7-8-15/h5-6,9-10,15-16H,3-4,7-8,11,13H2,1-2H3,(H,23,24,25)/t16-/m0/s1. The molecule has 1 N–H and O–H groups in total. The van der Waals surface area contributed by atoms with Crippen LogP contribution in [0.3, 0.4) is 0 Å². The SMILES string of the molecule is CC(C)(Oc1ccc(C#N)cc1)C(=O)N1CCC[C@H](c2n[nH]c(C3CC3)n2)C1. The summed E-state index contributed by atoms with van der Waals surface area (Å²) in [5.41, 5.74) is -0.429. The predicted molar refractivity (Wildman–Crippen MR) is 103 cm³/mol. The molecule has 1 amide bonds. The highest BCUT2D eigenvalue weighted by atomic mass is 16.5. The van der Waals surface area contributed by atoms with Gasteiger partial charge in [-0.3, -0.25) is 9.89 Å². The van der Waals surface area contributed by atoms with E-state index in [0.29, 0.717) is 23.8 Å². The molecule has 1 aliphatic heterocycles. The Kier molecular flexibility index (Phi) is 4.80. The summed E-state index contributed by atoms with van der Waals surface area (Å²) in [6, 6.07) is 8.90. The fourth-order valence-corrected chi connectivity index (χ4v) is 3.70. The largest absolute Gasteiger partial charge is 0.478 e. The van der Waals surface area contributed by atoms with Crippen molar-refractivity contribution in [3.8, 4) is 11.8 Å². The smallest absolute Gasteiger partial charge is 0.266 e. The topological polar surface area (TPSA) is 94.9 Å². The maximum atomic E-state index is 13.1. The Balaban J connectivity index is 1.42. The van der Waals surface area contributed by atoms with E-state index < -0.39 is 5.60 Å². The number of rotatable bonds is 5. The van der Waals surface area contributed by atoms with Gasteiger partial charge in [-0.25, -0.2) is 4.98 Å². The molecule has 1 aromatic carbocycles. The summed E-state index contributed by atoms with van der Waals surface area (Å²) >= 11 is 0. The number of piperidine rings is 1. The maximum Gasteiger partial charge on any atom is 0.266 e. The Hall–Kier alpha value is -2.88. The predicted octanol–water partition coefficient (Wildman–Crippen LogP) is 3.12. The van der Waals surface area contributed by atoms with E-state index in [1.54, 1.807) is 38.1 Å². The first-order valence-corrected chi connectivity index (χ1v) is 9.87. The summed E-state index contributed by atoms with van der Waals surface area (Å²) in [6.07, 6.45) is 4.29. The zero-order valence-electron chi connectivity index (χ0n) is 16.3. The van der Waals surface area contributed by atoms with Crippen molar-refractivity contribution in [3.05, 3.63) is 41.5 Å². The van der Waals surface area contributed by atoms with Crippen molar-refractivity contribution in [1.29, 1.82) is 5.26 Å². The second kappa shape index (κ2) is 7.27. The molecule has 4 rings (SSSR count). The minimum absolute atomic E-state index is 0.0421. The first-order chi connectivity index (χ1) is 13.5. The third-order valence-electron chi connectivity index (χ3n) is 5.43. The van der Waals surface area contributed by atoms with Gasteiger partial charge in [0.05, 0.1) is 11.6 Å². The van der Waals surface area contributed by atoms with Crippen molar-refractivity contribution in [1.82, 2.24) is 20.1 Å². The number of carbonyl (C=O) groups excluding carboxylic acids is 1. The first-order valence-electron chi connectivity index (χ1n) is 9.87. The molecular weight excluding hydrogens is 354 g/mol. The summed E-state index contributed by atoms with van der Waals surface area (Å²) in [5.74, 6) is 3.05. The van der Waals surface area contributed by atoms with Gasteiger partial charge in [-0.15, -0.1) is 0 Å². The number of nitrogens with one attached hydrogen (secondary N) is 1. The van der Waals surface area contributed by atoms with Crippen LogP contribution >= 0.6 is 0 Å². The molecule has 7 heteroatoms. The van der Waals surface area contributed by atoms with E-state index in [-0.39, 0.29) is 11.8 Å². The van der Waals surface area contributed by atoms with Gasteiger partial charge in [0.15, 0.2) is 11.4 Å². The van der Waals surface area contributed by atoms with Crippen LogP contribution in [0.25, 0.3) is 0 Å². The highest BCUT2D eigenvalue weighted by Crippen LogP contribution is 2.38. The van der Waals surface area contributed by atoms with Crippen LogP contribution in [0.1, 0.15) is 68.6 Å². The van der Waals surface area contributed by atoms with E-state index >= 15 is 0 Å². The molecule has 0 bridgehead atoms. The van der Waals surface area contributed by atoms with Crippen molar-refractivity contribution < 1.29 is 9.53 Å². The molecule has 1 saturated carbocycles. The molecule has 2 heterocycles. The number of hydrogen-bond donors (Lipinski definition) is 1. The van der Waals surface area contributed by atoms with Crippen LogP contribution in [0.4, 0.5) is 0 Å². The Labute approximate surface area is 164 Å². The second-order valence-electron chi connectivity index (χ2n) is 8.19. The summed E-state index contributed by atoms with van der Waals surface area (Å²) in [7, 11) is 0. The monoisotopic (exact) mass is 379 g/mol. The van der Waals surface area contributed by atoms with E-state index in [0.717, 1.165) is 31.0 Å². The lowest BCUT2D eigenvalue weighted by Gasteiger charge is -2.37. The highest BCUT2D eigenvalue weighted by Gasteiger charge is 2.38. The summed E-state index contributed by atoms with van der Waals surface area (Å²) < 4.78 is 5.96. The molecule has 28 heavy (non-hydrogen) atoms. The zero-order valence-corrected chi connectivity index (χ0v) is 16.3. The van der Waals surface area contributed by atoms with Gasteiger partial charge in [-0.2, -0.15) is 10.4 Å². The molecule has 146 valence electrons. The number of carbonyl (C=O) groups is 1. The van der Waals surface area contributed by atoms with Crippen molar-refractivity contribution in [2.75, 3.05) is 13.1 Å². The molecule has 1 aromatic heterocycles. The molecule has 2 aromatic rings. The van der Waals surface area contributed by atoms with Crippen molar-refractivity contribution in [2.24, 2.45) is 0 Å². The molecule has 0 spiro atoms. The molecule has 1 saturated heterocycles. The number of likely N-dealkylation sites (tertiary alicyclic amines) is 1. The number of aromatic amines is 1. The van der Waals surface area contributed by atoms with E-state index in [9.17, 15) is 4.79 Å². The Morgan fingerprint density at radius 3 is 2.68 bits per heavy atom. The minimum atomic E-state index is -0.992. The Morgan fingerprint density at radius 2 is 2.00 bits per heavy atom. The van der Waals surface area contributed by atoms with Crippen LogP contribution < -0.4 is 4.74 Å².